The second-order valence-electron chi connectivity index (χ2n) is 4.17. The lowest BCUT2D eigenvalue weighted by Crippen LogP contribution is -2.16. The molecule has 3 rings (SSSR count). The van der Waals surface area contributed by atoms with Crippen LogP contribution in [0.15, 0.2) is 22.7 Å². The van der Waals surface area contributed by atoms with E-state index in [4.69, 9.17) is 19.1 Å². The van der Waals surface area contributed by atoms with Crippen LogP contribution in [-0.4, -0.2) is 29.4 Å². The molecule has 1 aliphatic rings. The van der Waals surface area contributed by atoms with E-state index in [1.54, 1.807) is 6.07 Å². The lowest BCUT2D eigenvalue weighted by molar-refractivity contribution is 0.0686. The van der Waals surface area contributed by atoms with Crippen LogP contribution < -0.4 is 9.47 Å². The molecule has 98 valence electrons. The average molecular weight is 261 g/mol. The number of carboxylic acids is 1. The highest BCUT2D eigenvalue weighted by atomic mass is 16.6. The summed E-state index contributed by atoms with van der Waals surface area (Å²) in [5.74, 6) is 0.448. The number of fused-ring (bicyclic) bond motifs is 1. The number of hydrogen-bond acceptors (Lipinski definition) is 5. The van der Waals surface area contributed by atoms with Crippen LogP contribution in [-0.2, 0) is 0 Å². The van der Waals surface area contributed by atoms with Gasteiger partial charge in [0, 0.05) is 6.07 Å². The first kappa shape index (κ1) is 11.6. The fraction of sp³-hybridized carbons (Fsp3) is 0.231. The van der Waals surface area contributed by atoms with E-state index in [2.05, 4.69) is 5.16 Å². The number of aromatic carboxylic acids is 1. The number of nitrogens with zero attached hydrogens (tertiary/aromatic N) is 1. The number of aryl methyl sites for hydroxylation is 1. The molecule has 2 heterocycles. The fourth-order valence-corrected chi connectivity index (χ4v) is 1.97. The predicted octanol–water partition coefficient (Wildman–Crippen LogP) is 2.12. The number of ether oxygens (including phenoxy) is 2. The maximum absolute atomic E-state index is 10.8. The van der Waals surface area contributed by atoms with Crippen molar-refractivity contribution in [1.82, 2.24) is 5.16 Å². The SMILES string of the molecule is Cc1ccc(-c2cc(C(=O)O)no2)c2c1OCCO2. The first-order chi connectivity index (χ1) is 9.16. The summed E-state index contributed by atoms with van der Waals surface area (Å²) in [6.07, 6.45) is 0. The van der Waals surface area contributed by atoms with Crippen molar-refractivity contribution in [3.8, 4) is 22.8 Å². The van der Waals surface area contributed by atoms with Gasteiger partial charge in [-0.2, -0.15) is 0 Å². The Bertz CT molecular complexity index is 646. The third-order valence-corrected chi connectivity index (χ3v) is 2.88. The van der Waals surface area contributed by atoms with E-state index in [-0.39, 0.29) is 5.69 Å². The summed E-state index contributed by atoms with van der Waals surface area (Å²) in [6.45, 7) is 2.86. The van der Waals surface area contributed by atoms with E-state index in [1.807, 2.05) is 13.0 Å². The third kappa shape index (κ3) is 1.91. The first-order valence-electron chi connectivity index (χ1n) is 5.76. The van der Waals surface area contributed by atoms with Gasteiger partial charge in [0.1, 0.15) is 13.2 Å². The minimum atomic E-state index is -1.13. The Balaban J connectivity index is 2.11. The van der Waals surface area contributed by atoms with Crippen LogP contribution in [0.5, 0.6) is 11.5 Å². The van der Waals surface area contributed by atoms with Gasteiger partial charge in [0.25, 0.3) is 0 Å². The molecule has 0 fully saturated rings. The van der Waals surface area contributed by atoms with Crippen molar-refractivity contribution in [2.24, 2.45) is 0 Å². The van der Waals surface area contributed by atoms with Gasteiger partial charge in [0.15, 0.2) is 23.0 Å². The van der Waals surface area contributed by atoms with Gasteiger partial charge >= 0.3 is 5.97 Å². The van der Waals surface area contributed by atoms with Gasteiger partial charge in [0.05, 0.1) is 5.56 Å². The van der Waals surface area contributed by atoms with Crippen LogP contribution in [0, 0.1) is 6.92 Å². The number of rotatable bonds is 2. The van der Waals surface area contributed by atoms with Crippen molar-refractivity contribution in [2.75, 3.05) is 13.2 Å². The normalized spacial score (nSPS) is 13.3. The quantitative estimate of drug-likeness (QED) is 0.891. The molecule has 0 radical (unpaired) electrons. The van der Waals surface area contributed by atoms with Gasteiger partial charge in [0.2, 0.25) is 0 Å². The van der Waals surface area contributed by atoms with Crippen molar-refractivity contribution in [2.45, 2.75) is 6.92 Å². The van der Waals surface area contributed by atoms with Crippen molar-refractivity contribution >= 4 is 5.97 Å². The van der Waals surface area contributed by atoms with Crippen molar-refractivity contribution in [3.63, 3.8) is 0 Å². The van der Waals surface area contributed by atoms with Gasteiger partial charge < -0.3 is 19.1 Å². The van der Waals surface area contributed by atoms with E-state index < -0.39 is 5.97 Å². The molecule has 0 bridgehead atoms. The lowest BCUT2D eigenvalue weighted by atomic mass is 10.1. The standard InChI is InChI=1S/C13H11NO5/c1-7-2-3-8(12-11(7)17-4-5-18-12)10-6-9(13(15)16)14-19-10/h2-3,6H,4-5H2,1H3,(H,15,16). The molecule has 0 saturated carbocycles. The summed E-state index contributed by atoms with van der Waals surface area (Å²) in [7, 11) is 0. The smallest absolute Gasteiger partial charge is 0.358 e. The van der Waals surface area contributed by atoms with Gasteiger partial charge in [-0.25, -0.2) is 4.79 Å². The monoisotopic (exact) mass is 261 g/mol. The Hall–Kier alpha value is -2.50. The van der Waals surface area contributed by atoms with E-state index in [1.165, 1.54) is 6.07 Å². The number of hydrogen-bond donors (Lipinski definition) is 1. The molecule has 0 unspecified atom stereocenters. The Morgan fingerprint density at radius 2 is 2.00 bits per heavy atom. The first-order valence-corrected chi connectivity index (χ1v) is 5.76. The van der Waals surface area contributed by atoms with Crippen LogP contribution in [0.2, 0.25) is 0 Å². The molecular formula is C13H11NO5. The number of carboxylic acid groups (broad SMARTS) is 1. The minimum absolute atomic E-state index is 0.138. The van der Waals surface area contributed by atoms with Gasteiger partial charge in [-0.3, -0.25) is 0 Å². The molecule has 1 aliphatic heterocycles. The molecule has 1 aromatic carbocycles. The zero-order chi connectivity index (χ0) is 13.4. The molecule has 0 aliphatic carbocycles. The summed E-state index contributed by atoms with van der Waals surface area (Å²) in [6, 6.07) is 5.03. The van der Waals surface area contributed by atoms with Crippen LogP contribution in [0.25, 0.3) is 11.3 Å². The summed E-state index contributed by atoms with van der Waals surface area (Å²) in [5, 5.41) is 12.3. The topological polar surface area (TPSA) is 81.8 Å². The summed E-state index contributed by atoms with van der Waals surface area (Å²) in [4.78, 5) is 10.8. The second kappa shape index (κ2) is 4.31. The highest BCUT2D eigenvalue weighted by Gasteiger charge is 2.22. The maximum Gasteiger partial charge on any atom is 0.358 e. The molecule has 6 heteroatoms. The van der Waals surface area contributed by atoms with Crippen LogP contribution in [0.1, 0.15) is 16.1 Å². The van der Waals surface area contributed by atoms with E-state index in [0.29, 0.717) is 36.0 Å². The summed E-state index contributed by atoms with van der Waals surface area (Å²) >= 11 is 0. The zero-order valence-corrected chi connectivity index (χ0v) is 10.2. The molecule has 19 heavy (non-hydrogen) atoms. The van der Waals surface area contributed by atoms with Gasteiger partial charge in [-0.15, -0.1) is 0 Å². The number of carbonyl (C=O) groups is 1. The fourth-order valence-electron chi connectivity index (χ4n) is 1.97. The predicted molar refractivity (Wildman–Crippen MR) is 64.6 cm³/mol. The number of aromatic nitrogens is 1. The maximum atomic E-state index is 10.8. The Morgan fingerprint density at radius 3 is 2.68 bits per heavy atom. The second-order valence-corrected chi connectivity index (χ2v) is 4.17. The molecule has 1 aromatic heterocycles. The molecular weight excluding hydrogens is 250 g/mol. The molecule has 0 amide bonds. The largest absolute Gasteiger partial charge is 0.486 e. The Kier molecular flexibility index (Phi) is 2.63. The van der Waals surface area contributed by atoms with Gasteiger partial charge in [-0.05, 0) is 18.6 Å². The molecule has 1 N–H and O–H groups in total. The minimum Gasteiger partial charge on any atom is -0.486 e. The molecule has 6 nitrogen and oxygen atoms in total. The molecule has 0 saturated heterocycles. The third-order valence-electron chi connectivity index (χ3n) is 2.88. The van der Waals surface area contributed by atoms with Crippen molar-refractivity contribution in [3.05, 3.63) is 29.5 Å². The zero-order valence-electron chi connectivity index (χ0n) is 10.2. The average Bonchev–Trinajstić information content (AvgIpc) is 2.89. The van der Waals surface area contributed by atoms with Gasteiger partial charge in [-0.1, -0.05) is 11.2 Å². The highest BCUT2D eigenvalue weighted by molar-refractivity contribution is 5.87. The Labute approximate surface area is 108 Å². The lowest BCUT2D eigenvalue weighted by Gasteiger charge is -2.21. The Morgan fingerprint density at radius 1 is 1.26 bits per heavy atom. The van der Waals surface area contributed by atoms with Crippen LogP contribution in [0.3, 0.4) is 0 Å². The summed E-state index contributed by atoms with van der Waals surface area (Å²) < 4.78 is 16.2. The van der Waals surface area contributed by atoms with E-state index >= 15 is 0 Å². The molecule has 0 atom stereocenters. The van der Waals surface area contributed by atoms with E-state index in [0.717, 1.165) is 5.56 Å². The molecule has 0 spiro atoms. The van der Waals surface area contributed by atoms with E-state index in [9.17, 15) is 4.79 Å². The highest BCUT2D eigenvalue weighted by Crippen LogP contribution is 2.42. The van der Waals surface area contributed by atoms with Crippen LogP contribution >= 0.6 is 0 Å². The van der Waals surface area contributed by atoms with Crippen molar-refractivity contribution < 1.29 is 23.9 Å². The summed E-state index contributed by atoms with van der Waals surface area (Å²) in [5.41, 5.74) is 1.46. The molecule has 2 aromatic rings. The van der Waals surface area contributed by atoms with Crippen LogP contribution in [0.4, 0.5) is 0 Å². The van der Waals surface area contributed by atoms with Crippen molar-refractivity contribution in [1.29, 1.82) is 0 Å². The number of benzene rings is 1.